The molecule has 22 nitrogen and oxygen atoms in total. The number of alkyl halides is 6. The summed E-state index contributed by atoms with van der Waals surface area (Å²) in [5, 5.41) is 28.5. The molecule has 12 aromatic rings. The number of nitrogens with two attached hydrogens (primary N) is 2. The van der Waals surface area contributed by atoms with Crippen molar-refractivity contribution in [1.82, 2.24) is 58.8 Å². The molecule has 8 N–H and O–H groups in total. The molecule has 149 heavy (non-hydrogen) atoms. The minimum absolute atomic E-state index is 0.0184. The Morgan fingerprint density at radius 2 is 0.879 bits per heavy atom. The summed E-state index contributed by atoms with van der Waals surface area (Å²) in [7, 11) is 8.19. The summed E-state index contributed by atoms with van der Waals surface area (Å²) in [6.07, 6.45) is 6.03. The Morgan fingerprint density at radius 1 is 0.477 bits per heavy atom. The van der Waals surface area contributed by atoms with Gasteiger partial charge in [0.05, 0.1) is 33.2 Å². The number of carbonyl (C=O) groups is 2. The van der Waals surface area contributed by atoms with E-state index in [-0.39, 0.29) is 61.5 Å². The van der Waals surface area contributed by atoms with Gasteiger partial charge >= 0.3 is 12.4 Å². The van der Waals surface area contributed by atoms with Gasteiger partial charge in [0, 0.05) is 182 Å². The second kappa shape index (κ2) is 49.8. The number of anilines is 2. The average Bonchev–Trinajstić information content (AvgIpc) is 0.760. The van der Waals surface area contributed by atoms with Crippen molar-refractivity contribution in [2.24, 2.45) is 23.3 Å². The molecule has 2 aliphatic heterocycles. The second-order valence-corrected chi connectivity index (χ2v) is 57.9. The number of benzene rings is 5. The zero-order valence-corrected chi connectivity index (χ0v) is 96.9. The predicted molar refractivity (Wildman–Crippen MR) is 613 cm³/mol. The van der Waals surface area contributed by atoms with Gasteiger partial charge in [-0.15, -0.1) is 88.8 Å². The number of allylic oxidation sites excluding steroid dienone is 4. The van der Waals surface area contributed by atoms with Crippen LogP contribution in [0.3, 0.4) is 0 Å². The van der Waals surface area contributed by atoms with E-state index in [2.05, 4.69) is 236 Å². The number of nitrogens with zero attached hydrogens (tertiary/aromatic N) is 13. The van der Waals surface area contributed by atoms with Crippen LogP contribution in [0.15, 0.2) is 202 Å². The lowest BCUT2D eigenvalue weighted by Gasteiger charge is -2.41. The summed E-state index contributed by atoms with van der Waals surface area (Å²) in [5.41, 5.74) is 19.3. The number of aryl methyl sites for hydroxylation is 3. The fourth-order valence-electron chi connectivity index (χ4n) is 16.1. The molecule has 0 radical (unpaired) electrons. The van der Waals surface area contributed by atoms with Gasteiger partial charge in [-0.25, -0.2) is 34.9 Å². The van der Waals surface area contributed by atoms with Crippen LogP contribution >= 0.6 is 82.3 Å². The number of aromatic nitrogens is 10. The van der Waals surface area contributed by atoms with E-state index in [4.69, 9.17) is 28.7 Å². The van der Waals surface area contributed by atoms with E-state index in [1.807, 2.05) is 148 Å². The quantitative estimate of drug-likeness (QED) is 0.0190. The summed E-state index contributed by atoms with van der Waals surface area (Å²) in [4.78, 5) is 86.0. The van der Waals surface area contributed by atoms with Crippen molar-refractivity contribution >= 4 is 160 Å². The number of H-pyrrole nitrogens is 1. The highest BCUT2D eigenvalue weighted by atomic mass is 32.2. The molecule has 0 bridgehead atoms. The van der Waals surface area contributed by atoms with E-state index in [0.29, 0.717) is 93.9 Å². The predicted octanol–water partition coefficient (Wildman–Crippen LogP) is 26.1. The summed E-state index contributed by atoms with van der Waals surface area (Å²) in [6, 6.07) is 34.9. The number of hydrogen-bond donors (Lipinski definition) is 6. The molecule has 5 aromatic carbocycles. The molecular weight excluding hydrogens is 2020 g/mol. The van der Waals surface area contributed by atoms with Crippen LogP contribution in [0.1, 0.15) is 213 Å². The molecule has 4 aliphatic rings. The Bertz CT molecular complexity index is 7170. The Balaban J connectivity index is 0.000000178. The lowest BCUT2D eigenvalue weighted by molar-refractivity contribution is -0.141. The van der Waals surface area contributed by atoms with Crippen LogP contribution in [0.2, 0.25) is 0 Å². The highest BCUT2D eigenvalue weighted by Crippen LogP contribution is 2.45. The summed E-state index contributed by atoms with van der Waals surface area (Å²) in [5.74, 6) is 6.73. The molecular formula is C114H146F6N18O4S7. The van der Waals surface area contributed by atoms with Gasteiger partial charge in [0.15, 0.2) is 22.2 Å². The first-order valence-electron chi connectivity index (χ1n) is 49.5. The summed E-state index contributed by atoms with van der Waals surface area (Å²) >= 11 is 12.1. The first-order chi connectivity index (χ1) is 69.0. The van der Waals surface area contributed by atoms with E-state index < -0.39 is 29.2 Å². The number of halogens is 6. The largest absolute Gasteiger partial charge is 0.508 e. The number of likely N-dealkylation sites (N-methyl/N-ethyl adjacent to an activating group) is 1. The van der Waals surface area contributed by atoms with Gasteiger partial charge < -0.3 is 50.3 Å². The van der Waals surface area contributed by atoms with Gasteiger partial charge in [-0.3, -0.25) is 25.2 Å². The highest BCUT2D eigenvalue weighted by Gasteiger charge is 2.38. The number of aromatic amines is 1. The van der Waals surface area contributed by atoms with Crippen molar-refractivity contribution in [3.8, 4) is 12.3 Å². The standard InChI is InChI=1S/C18H22F3N3S.C17H27N5S.C17H24N4S.C16H25N5S.C16H18O2S.C16H16OS.C14H14F3NOS/c1-17(2,3)25-12-4-5-13-14(6-12)23-16(18(19,20)21)7-15(13)24-9-11(8-22)10-24;1-12-20-14-10-13(23-17(2,3)4)11-19-15(14)16(18)22(12)9-7-8-21(5)6;1-11-19-15-7-13(22-17(2,3)4)5-6-14(15)16(20-11)21-9-12(8-18)10-21;1-11-19-13-9-12(22-16(2,3)4)10-18-14(13)15(17)21(11)8-7-20(5)6;1-10(17)13-8-6-11-5-7-12(19-16(2,3)4)9-14(11)15(13)18;1-5-11-6-7-12-8-9-13(18-16(2,3)4)10-14(12)15(11)17;1-13(2,3)20-8-4-5-10-9(6-8)11(19)7-12(18-10)14(15,16)17/h4-7,11H,8-10,22H2,1-3H3;10-11,18H,7-9H2,1-6H3;5-7,12H,8-10,18H2,1-4H3;9-10,17H,7-8H2,1-6H3;5,7-9,17H,1,6H2,2-4H3;1,6,8-10H,7H2,2-4H3;4-7H,1-3H3,(H,18,19). The van der Waals surface area contributed by atoms with Gasteiger partial charge in [-0.1, -0.05) is 182 Å². The number of aliphatic hydroxyl groups is 1. The third kappa shape index (κ3) is 35.8. The van der Waals surface area contributed by atoms with Gasteiger partial charge in [-0.05, 0) is 196 Å². The molecule has 16 rings (SSSR count). The number of aliphatic hydroxyl groups excluding tert-OH is 1. The van der Waals surface area contributed by atoms with Crippen LogP contribution in [0.5, 0.6) is 0 Å². The molecule has 0 atom stereocenters. The second-order valence-electron chi connectivity index (χ2n) is 44.6. The third-order valence-corrected chi connectivity index (χ3v) is 30.2. The lowest BCUT2D eigenvalue weighted by Crippen LogP contribution is -2.50. The van der Waals surface area contributed by atoms with Gasteiger partial charge in [0.2, 0.25) is 5.78 Å². The monoisotopic (exact) mass is 2170 g/mol. The maximum absolute atomic E-state index is 13.3. The number of ketones is 2. The van der Waals surface area contributed by atoms with Crippen LogP contribution < -0.4 is 37.7 Å². The van der Waals surface area contributed by atoms with Crippen molar-refractivity contribution < 1.29 is 41.0 Å². The normalized spacial score (nSPS) is 14.3. The minimum Gasteiger partial charge on any atom is -0.508 e. The van der Waals surface area contributed by atoms with Crippen LogP contribution in [-0.4, -0.2) is 189 Å². The van der Waals surface area contributed by atoms with Crippen LogP contribution in [0.4, 0.5) is 37.8 Å². The van der Waals surface area contributed by atoms with E-state index in [0.717, 1.165) is 161 Å². The van der Waals surface area contributed by atoms with Crippen molar-refractivity contribution in [2.75, 3.05) is 90.3 Å². The van der Waals surface area contributed by atoms with Gasteiger partial charge in [0.25, 0.3) is 0 Å². The fourth-order valence-corrected chi connectivity index (χ4v) is 23.2. The topological polar surface area (TPSA) is 300 Å². The molecule has 0 unspecified atom stereocenters. The first-order valence-corrected chi connectivity index (χ1v) is 55.2. The molecule has 0 spiro atoms. The van der Waals surface area contributed by atoms with Crippen LogP contribution in [-0.2, 0) is 38.3 Å². The number of pyridine rings is 4. The maximum atomic E-state index is 13.3. The van der Waals surface area contributed by atoms with E-state index in [1.165, 1.54) is 11.0 Å². The van der Waals surface area contributed by atoms with Crippen molar-refractivity contribution in [1.29, 1.82) is 10.8 Å². The van der Waals surface area contributed by atoms with Crippen molar-refractivity contribution in [3.05, 3.63) is 236 Å². The number of fused-ring (bicyclic) bond motifs is 7. The molecule has 0 amide bonds. The van der Waals surface area contributed by atoms with Crippen LogP contribution in [0.25, 0.3) is 54.8 Å². The third-order valence-electron chi connectivity index (χ3n) is 22.5. The fraction of sp³-hybridized carbons (Fsp3) is 0.456. The zero-order valence-electron chi connectivity index (χ0n) is 91.2. The number of terminal acetylenes is 1. The SMILES string of the molecule is C#CC1=CCc2ccc(SC(C)(C)C)cc2C1=O.C=C(O)C1=CCc2ccc(SC(C)(C)C)cc2C1=O.CC(C)(C)Sc1ccc2[nH]c(C(F)(F)F)cc(=O)c2c1.CC(C)(C)Sc1ccc2c(N3CC(CN)C3)cc(C(F)(F)F)nc2c1.Cc1nc(N2CC(CN)C2)c2ccc(SC(C)(C)C)cc2n1.Cc1nc2cc(SC(C)(C)C)cnc2c(=N)n1CCCN(C)C.Cc1nc2cc(SC(C)(C)C)cnc2c(=N)n1CCN(C)C. The Hall–Kier alpha value is -9.97. The van der Waals surface area contributed by atoms with E-state index >= 15 is 0 Å². The number of nitrogens with one attached hydrogen (secondary N) is 3. The van der Waals surface area contributed by atoms with Crippen LogP contribution in [0, 0.1) is 55.8 Å². The van der Waals surface area contributed by atoms with Gasteiger partial charge in [0.1, 0.15) is 51.5 Å². The molecule has 2 fully saturated rings. The maximum Gasteiger partial charge on any atom is 0.433 e. The van der Waals surface area contributed by atoms with Crippen molar-refractivity contribution in [3.63, 3.8) is 0 Å². The molecule has 9 heterocycles. The van der Waals surface area contributed by atoms with E-state index in [9.17, 15) is 45.8 Å². The number of thioether (sulfide) groups is 7. The zero-order chi connectivity index (χ0) is 111. The molecule has 2 saturated heterocycles. The van der Waals surface area contributed by atoms with Gasteiger partial charge in [-0.2, -0.15) is 26.3 Å². The summed E-state index contributed by atoms with van der Waals surface area (Å²) < 4.78 is 82.3. The number of Topliss-reactive ketones (excluding diaryl/α,β-unsaturated/α-hetero) is 2. The lowest BCUT2D eigenvalue weighted by atomic mass is 9.90. The molecule has 2 aliphatic carbocycles. The summed E-state index contributed by atoms with van der Waals surface area (Å²) in [6.45, 7) is 62.4. The smallest absolute Gasteiger partial charge is 0.433 e. The molecule has 0 saturated carbocycles. The van der Waals surface area contributed by atoms with E-state index in [1.54, 1.807) is 94.8 Å². The molecule has 800 valence electrons. The number of carbonyl (C=O) groups excluding carboxylic acids is 2. The Morgan fingerprint density at radius 3 is 1.32 bits per heavy atom. The first kappa shape index (κ1) is 121. The molecule has 35 heteroatoms. The molecule has 7 aromatic heterocycles. The number of hydrogen-bond acceptors (Lipinski definition) is 26. The Labute approximate surface area is 904 Å². The van der Waals surface area contributed by atoms with Crippen molar-refractivity contribution in [2.45, 2.75) is 278 Å². The number of rotatable bonds is 19. The average molecular weight is 2170 g/mol. The minimum atomic E-state index is -4.55. The highest BCUT2D eigenvalue weighted by molar-refractivity contribution is 8.02. The Kier molecular flexibility index (Phi) is 40.4.